The number of imide groups is 1. The van der Waals surface area contributed by atoms with E-state index in [0.29, 0.717) is 85.1 Å². The molecule has 322 valence electrons. The Morgan fingerprint density at radius 1 is 0.806 bits per heavy atom. The molecule has 7 heterocycles. The minimum atomic E-state index is -0.610. The van der Waals surface area contributed by atoms with Gasteiger partial charge in [-0.1, -0.05) is 24.3 Å². The molecule has 10 rings (SSSR count). The molecule has 0 bridgehead atoms. The predicted molar refractivity (Wildman–Crippen MR) is 227 cm³/mol. The van der Waals surface area contributed by atoms with Crippen LogP contribution in [0.3, 0.4) is 0 Å². The fraction of sp³-hybridized carbons (Fsp3) is 0.457. The average Bonchev–Trinajstić information content (AvgIpc) is 3.58. The molecule has 5 fully saturated rings. The van der Waals surface area contributed by atoms with Crippen LogP contribution in [0, 0.1) is 17.7 Å². The van der Waals surface area contributed by atoms with Gasteiger partial charge >= 0.3 is 0 Å². The van der Waals surface area contributed by atoms with E-state index in [4.69, 9.17) is 0 Å². The van der Waals surface area contributed by atoms with Crippen molar-refractivity contribution in [2.45, 2.75) is 50.7 Å². The summed E-state index contributed by atoms with van der Waals surface area (Å²) in [5, 5.41) is 10.4. The summed E-state index contributed by atoms with van der Waals surface area (Å²) in [4.78, 5) is 89.0. The molecule has 5 saturated heterocycles. The topological polar surface area (TPSA) is 163 Å². The number of aromatic amines is 1. The van der Waals surface area contributed by atoms with Crippen molar-refractivity contribution in [1.82, 2.24) is 40.0 Å². The van der Waals surface area contributed by atoms with Gasteiger partial charge in [-0.25, -0.2) is 9.49 Å². The molecule has 0 saturated carbocycles. The number of nitrogens with one attached hydrogen (secondary N) is 2. The van der Waals surface area contributed by atoms with Gasteiger partial charge in [-0.15, -0.1) is 0 Å². The van der Waals surface area contributed by atoms with Gasteiger partial charge in [-0.05, 0) is 79.9 Å². The molecule has 0 radical (unpaired) electrons. The maximum absolute atomic E-state index is 15.1. The first-order valence-electron chi connectivity index (χ1n) is 21.9. The second-order valence-electron chi connectivity index (χ2n) is 17.8. The Labute approximate surface area is 357 Å². The molecule has 62 heavy (non-hydrogen) atoms. The number of anilines is 1. The maximum Gasteiger partial charge on any atom is 0.272 e. The van der Waals surface area contributed by atoms with Gasteiger partial charge in [-0.2, -0.15) is 5.10 Å². The van der Waals surface area contributed by atoms with Gasteiger partial charge in [0.05, 0.1) is 16.6 Å². The lowest BCUT2D eigenvalue weighted by Gasteiger charge is -2.51. The van der Waals surface area contributed by atoms with E-state index in [1.54, 1.807) is 34.1 Å². The summed E-state index contributed by atoms with van der Waals surface area (Å²) < 4.78 is 15.1. The summed E-state index contributed by atoms with van der Waals surface area (Å²) >= 11 is 0. The first-order chi connectivity index (χ1) is 30.1. The SMILES string of the molecule is O=C1CCC(N2Cc3cc(N4CC(CN5CC(N6CCC(C(=O)N7CCN(C(=O)c8cc(Cc9n[nH]c(=O)c%10ccccc9%10)ccc8F)CC7)CC6)C5)C4)ccc3C2=O)C(=O)N1. The Morgan fingerprint density at radius 2 is 1.55 bits per heavy atom. The normalized spacial score (nSPS) is 21.9. The third-order valence-electron chi connectivity index (χ3n) is 14.0. The van der Waals surface area contributed by atoms with Crippen molar-refractivity contribution < 1.29 is 28.4 Å². The van der Waals surface area contributed by atoms with Crippen LogP contribution in [0.5, 0.6) is 0 Å². The fourth-order valence-electron chi connectivity index (χ4n) is 10.4. The summed E-state index contributed by atoms with van der Waals surface area (Å²) in [5.41, 5.74) is 3.70. The van der Waals surface area contributed by atoms with Gasteiger partial charge in [0.25, 0.3) is 17.4 Å². The monoisotopic (exact) mass is 843 g/mol. The van der Waals surface area contributed by atoms with Crippen LogP contribution in [0.4, 0.5) is 10.1 Å². The summed E-state index contributed by atoms with van der Waals surface area (Å²) in [6.45, 7) is 8.73. The smallest absolute Gasteiger partial charge is 0.272 e. The van der Waals surface area contributed by atoms with Gasteiger partial charge in [0.1, 0.15) is 11.9 Å². The number of hydrogen-bond acceptors (Lipinski definition) is 10. The van der Waals surface area contributed by atoms with Crippen LogP contribution in [0.2, 0.25) is 0 Å². The highest BCUT2D eigenvalue weighted by atomic mass is 19.1. The molecule has 5 amide bonds. The van der Waals surface area contributed by atoms with Crippen molar-refractivity contribution in [2.75, 3.05) is 76.9 Å². The minimum Gasteiger partial charge on any atom is -0.371 e. The number of likely N-dealkylation sites (tertiary alicyclic amines) is 2. The van der Waals surface area contributed by atoms with E-state index >= 15 is 4.39 Å². The van der Waals surface area contributed by atoms with Crippen LogP contribution >= 0.6 is 0 Å². The van der Waals surface area contributed by atoms with E-state index in [-0.39, 0.29) is 41.2 Å². The summed E-state index contributed by atoms with van der Waals surface area (Å²) in [6.07, 6.45) is 2.56. The van der Waals surface area contributed by atoms with Crippen molar-refractivity contribution in [3.05, 3.63) is 105 Å². The number of benzene rings is 3. The van der Waals surface area contributed by atoms with Crippen LogP contribution < -0.4 is 15.8 Å². The first kappa shape index (κ1) is 40.1. The average molecular weight is 844 g/mol. The van der Waals surface area contributed by atoms with Crippen LogP contribution in [0.25, 0.3) is 10.8 Å². The third-order valence-corrected chi connectivity index (χ3v) is 14.0. The molecular formula is C46H50FN9O6. The zero-order valence-electron chi connectivity index (χ0n) is 34.6. The number of hydrogen-bond donors (Lipinski definition) is 2. The maximum atomic E-state index is 15.1. The lowest BCUT2D eigenvalue weighted by molar-refractivity contribution is -0.139. The molecule has 1 unspecified atom stereocenters. The minimum absolute atomic E-state index is 0.00925. The molecule has 2 N–H and O–H groups in total. The summed E-state index contributed by atoms with van der Waals surface area (Å²) in [6, 6.07) is 17.5. The Balaban J connectivity index is 0.643. The number of piperazine rings is 1. The Kier molecular flexibility index (Phi) is 10.6. The van der Waals surface area contributed by atoms with Crippen molar-refractivity contribution >= 4 is 46.0 Å². The van der Waals surface area contributed by atoms with Crippen LogP contribution in [0.15, 0.2) is 65.5 Å². The van der Waals surface area contributed by atoms with Crippen LogP contribution in [0.1, 0.15) is 63.2 Å². The molecular weight excluding hydrogens is 794 g/mol. The van der Waals surface area contributed by atoms with Gasteiger partial charge in [0.15, 0.2) is 0 Å². The number of carbonyl (C=O) groups excluding carboxylic acids is 5. The number of aromatic nitrogens is 2. The molecule has 6 aliphatic heterocycles. The van der Waals surface area contributed by atoms with Crippen LogP contribution in [-0.2, 0) is 27.3 Å². The quantitative estimate of drug-likeness (QED) is 0.239. The number of fused-ring (bicyclic) bond motifs is 2. The molecule has 1 atom stereocenters. The second kappa shape index (κ2) is 16.4. The van der Waals surface area contributed by atoms with Crippen molar-refractivity contribution in [1.29, 1.82) is 0 Å². The standard InChI is InChI=1S/C46H50FN9O6/c47-38-8-5-28(20-39-35-3-1-2-4-36(35)42(58)50-49-39)19-37(38)45(61)54-17-15-53(16-18-54)44(60)30-11-13-52(14-12-30)33-26-51(27-33)22-29-23-55(24-29)32-6-7-34-31(21-32)25-56(46(34)62)40-9-10-41(57)48-43(40)59/h1-8,19,21,29-30,33,40H,9-18,20,22-27H2,(H,50,58)(H,48,57,59). The molecule has 0 aliphatic carbocycles. The van der Waals surface area contributed by atoms with Crippen molar-refractivity contribution in [2.24, 2.45) is 11.8 Å². The molecule has 1 aromatic heterocycles. The van der Waals surface area contributed by atoms with E-state index in [9.17, 15) is 28.8 Å². The molecule has 16 heteroatoms. The first-order valence-corrected chi connectivity index (χ1v) is 21.9. The number of halogens is 1. The van der Waals surface area contributed by atoms with E-state index in [1.165, 1.54) is 6.07 Å². The largest absolute Gasteiger partial charge is 0.371 e. The van der Waals surface area contributed by atoms with Crippen molar-refractivity contribution in [3.8, 4) is 0 Å². The molecule has 6 aliphatic rings. The number of H-pyrrole nitrogens is 1. The highest BCUT2D eigenvalue weighted by Crippen LogP contribution is 2.34. The van der Waals surface area contributed by atoms with E-state index < -0.39 is 23.7 Å². The van der Waals surface area contributed by atoms with Gasteiger partial charge in [-0.3, -0.25) is 43.9 Å². The number of carbonyl (C=O) groups is 5. The van der Waals surface area contributed by atoms with Gasteiger partial charge in [0, 0.05) is 113 Å². The molecule has 4 aromatic rings. The Morgan fingerprint density at radius 3 is 2.31 bits per heavy atom. The highest BCUT2D eigenvalue weighted by Gasteiger charge is 2.41. The van der Waals surface area contributed by atoms with E-state index in [0.717, 1.165) is 69.9 Å². The number of nitrogens with zero attached hydrogens (tertiary/aromatic N) is 7. The summed E-state index contributed by atoms with van der Waals surface area (Å²) in [5.74, 6) is -1.14. The highest BCUT2D eigenvalue weighted by molar-refractivity contribution is 6.05. The van der Waals surface area contributed by atoms with Gasteiger partial charge < -0.3 is 19.6 Å². The number of amides is 5. The van der Waals surface area contributed by atoms with Gasteiger partial charge in [0.2, 0.25) is 17.7 Å². The van der Waals surface area contributed by atoms with Crippen LogP contribution in [-0.4, -0.2) is 148 Å². The second-order valence-corrected chi connectivity index (χ2v) is 17.8. The lowest BCUT2D eigenvalue weighted by atomic mass is 9.91. The van der Waals surface area contributed by atoms with E-state index in [1.807, 2.05) is 29.2 Å². The lowest BCUT2D eigenvalue weighted by Crippen LogP contribution is -2.63. The van der Waals surface area contributed by atoms with E-state index in [2.05, 4.69) is 36.3 Å². The fourth-order valence-corrected chi connectivity index (χ4v) is 10.4. The molecule has 15 nitrogen and oxygen atoms in total. The Hall–Kier alpha value is -6.00. The Bertz CT molecular complexity index is 2520. The molecule has 0 spiro atoms. The third kappa shape index (κ3) is 7.63. The summed E-state index contributed by atoms with van der Waals surface area (Å²) in [7, 11) is 0. The molecule has 3 aromatic carbocycles. The zero-order valence-corrected chi connectivity index (χ0v) is 34.6. The zero-order chi connectivity index (χ0) is 42.6. The number of piperidine rings is 2. The number of rotatable bonds is 9. The predicted octanol–water partition coefficient (Wildman–Crippen LogP) is 2.23. The van der Waals surface area contributed by atoms with Crippen molar-refractivity contribution in [3.63, 3.8) is 0 Å².